The van der Waals surface area contributed by atoms with Gasteiger partial charge < -0.3 is 5.11 Å². The number of hydrogen-bond donors (Lipinski definition) is 1. The van der Waals surface area contributed by atoms with E-state index in [1.165, 1.54) is 6.42 Å². The van der Waals surface area contributed by atoms with Gasteiger partial charge in [0.1, 0.15) is 0 Å². The molecule has 3 rings (SSSR count). The maximum absolute atomic E-state index is 11.9. The third kappa shape index (κ3) is 2.10. The number of carbonyl (C=O) groups is 1. The van der Waals surface area contributed by atoms with Crippen LogP contribution >= 0.6 is 0 Å². The predicted molar refractivity (Wildman–Crippen MR) is 89.5 cm³/mol. The minimum atomic E-state index is -0.589. The molecule has 0 aliphatic heterocycles. The number of carboxylic acids is 1. The molecule has 0 aromatic heterocycles. The molecule has 0 spiro atoms. The van der Waals surface area contributed by atoms with E-state index in [4.69, 9.17) is 0 Å². The van der Waals surface area contributed by atoms with Crippen molar-refractivity contribution in [1.29, 1.82) is 0 Å². The smallest absolute Gasteiger partial charge is 0.309 e. The summed E-state index contributed by atoms with van der Waals surface area (Å²) >= 11 is 0. The molecule has 5 atom stereocenters. The Hall–Kier alpha value is -1.05. The van der Waals surface area contributed by atoms with Gasteiger partial charge in [0.05, 0.1) is 5.41 Å². The Morgan fingerprint density at radius 3 is 2.68 bits per heavy atom. The van der Waals surface area contributed by atoms with E-state index in [0.29, 0.717) is 11.8 Å². The van der Waals surface area contributed by atoms with Gasteiger partial charge in [-0.15, -0.1) is 6.58 Å². The normalized spacial score (nSPS) is 47.9. The summed E-state index contributed by atoms with van der Waals surface area (Å²) in [5.74, 6) is 0.338. The average molecular weight is 302 g/mol. The minimum absolute atomic E-state index is 0.0941. The lowest BCUT2D eigenvalue weighted by atomic mass is 9.46. The van der Waals surface area contributed by atoms with Crippen LogP contribution in [0.5, 0.6) is 0 Å². The van der Waals surface area contributed by atoms with Gasteiger partial charge in [-0.25, -0.2) is 0 Å². The highest BCUT2D eigenvalue weighted by molar-refractivity contribution is 5.75. The van der Waals surface area contributed by atoms with E-state index < -0.39 is 11.4 Å². The number of fused-ring (bicyclic) bond motifs is 3. The van der Waals surface area contributed by atoms with E-state index in [1.807, 2.05) is 6.92 Å². The molecule has 0 heterocycles. The lowest BCUT2D eigenvalue weighted by Gasteiger charge is -2.58. The largest absolute Gasteiger partial charge is 0.481 e. The van der Waals surface area contributed by atoms with Gasteiger partial charge in [-0.05, 0) is 68.1 Å². The topological polar surface area (TPSA) is 37.3 Å². The number of hydrogen-bond acceptors (Lipinski definition) is 1. The van der Waals surface area contributed by atoms with Crippen LogP contribution in [0.1, 0.15) is 65.7 Å². The molecule has 3 aliphatic carbocycles. The Kier molecular flexibility index (Phi) is 3.58. The van der Waals surface area contributed by atoms with Gasteiger partial charge in [-0.2, -0.15) is 0 Å². The van der Waals surface area contributed by atoms with Gasteiger partial charge in [0.15, 0.2) is 0 Å². The third-order valence-electron chi connectivity index (χ3n) is 7.32. The highest BCUT2D eigenvalue weighted by Gasteiger charge is 2.57. The standard InChI is InChI=1S/C20H30O2/c1-5-18(2)12-9-15-14(13-18)7-8-16-19(15,3)10-6-11-20(16,4)17(21)22/h5,9,14,16H,1,6-8,10-13H2,2-4H3,(H,21,22)/t14-,16-,18-,19+,20+/m0/s1. The zero-order valence-electron chi connectivity index (χ0n) is 14.3. The maximum Gasteiger partial charge on any atom is 0.309 e. The van der Waals surface area contributed by atoms with Crippen LogP contribution in [-0.2, 0) is 4.79 Å². The van der Waals surface area contributed by atoms with Crippen molar-refractivity contribution in [2.24, 2.45) is 28.1 Å². The lowest BCUT2D eigenvalue weighted by Crippen LogP contribution is -2.52. The molecule has 0 amide bonds. The van der Waals surface area contributed by atoms with Crippen LogP contribution in [-0.4, -0.2) is 11.1 Å². The van der Waals surface area contributed by atoms with Crippen molar-refractivity contribution in [3.63, 3.8) is 0 Å². The molecular weight excluding hydrogens is 272 g/mol. The molecule has 2 heteroatoms. The Bertz CT molecular complexity index is 534. The second kappa shape index (κ2) is 4.97. The zero-order valence-corrected chi connectivity index (χ0v) is 14.3. The molecule has 0 aromatic carbocycles. The van der Waals surface area contributed by atoms with Crippen molar-refractivity contribution in [2.75, 3.05) is 0 Å². The van der Waals surface area contributed by atoms with E-state index >= 15 is 0 Å². The van der Waals surface area contributed by atoms with Gasteiger partial charge >= 0.3 is 5.97 Å². The zero-order chi connectivity index (χ0) is 16.2. The van der Waals surface area contributed by atoms with E-state index in [1.54, 1.807) is 5.57 Å². The fourth-order valence-electron chi connectivity index (χ4n) is 5.87. The Labute approximate surface area is 134 Å². The van der Waals surface area contributed by atoms with Gasteiger partial charge in [-0.3, -0.25) is 4.79 Å². The number of allylic oxidation sites excluding steroid dienone is 3. The van der Waals surface area contributed by atoms with Gasteiger partial charge in [0, 0.05) is 0 Å². The summed E-state index contributed by atoms with van der Waals surface area (Å²) in [5.41, 5.74) is 1.35. The molecule has 0 saturated heterocycles. The van der Waals surface area contributed by atoms with Crippen LogP contribution in [0.3, 0.4) is 0 Å². The first kappa shape index (κ1) is 15.8. The Balaban J connectivity index is 1.99. The highest BCUT2D eigenvalue weighted by atomic mass is 16.4. The van der Waals surface area contributed by atoms with Crippen molar-refractivity contribution in [3.8, 4) is 0 Å². The fraction of sp³-hybridized carbons (Fsp3) is 0.750. The first-order valence-corrected chi connectivity index (χ1v) is 8.83. The van der Waals surface area contributed by atoms with Gasteiger partial charge in [-0.1, -0.05) is 38.0 Å². The summed E-state index contributed by atoms with van der Waals surface area (Å²) in [6.07, 6.45) is 12.1. The molecule has 0 unspecified atom stereocenters. The number of rotatable bonds is 2. The summed E-state index contributed by atoms with van der Waals surface area (Å²) in [5, 5.41) is 9.84. The third-order valence-corrected chi connectivity index (χ3v) is 7.32. The molecule has 2 saturated carbocycles. The van der Waals surface area contributed by atoms with E-state index in [-0.39, 0.29) is 10.8 Å². The first-order chi connectivity index (χ1) is 10.3. The van der Waals surface area contributed by atoms with Crippen LogP contribution < -0.4 is 0 Å². The molecule has 0 radical (unpaired) electrons. The second-order valence-electron chi connectivity index (χ2n) is 8.75. The average Bonchev–Trinajstić information content (AvgIpc) is 2.46. The van der Waals surface area contributed by atoms with Crippen LogP contribution in [0.25, 0.3) is 0 Å². The van der Waals surface area contributed by atoms with Gasteiger partial charge in [0.2, 0.25) is 0 Å². The summed E-state index contributed by atoms with van der Waals surface area (Å²) < 4.78 is 0. The monoisotopic (exact) mass is 302 g/mol. The Morgan fingerprint density at radius 1 is 1.32 bits per heavy atom. The number of carboxylic acid groups (broad SMARTS) is 1. The SMILES string of the molecule is C=C[C@@]1(C)CC=C2[C@@H](CC[C@@H]3[C@](C)(C(=O)O)CCC[C@]23C)C1. The summed E-state index contributed by atoms with van der Waals surface area (Å²) in [4.78, 5) is 11.9. The van der Waals surface area contributed by atoms with Crippen molar-refractivity contribution in [2.45, 2.75) is 65.7 Å². The van der Waals surface area contributed by atoms with Crippen molar-refractivity contribution in [1.82, 2.24) is 0 Å². The minimum Gasteiger partial charge on any atom is -0.481 e. The highest BCUT2D eigenvalue weighted by Crippen LogP contribution is 2.63. The summed E-state index contributed by atoms with van der Waals surface area (Å²) in [6, 6.07) is 0. The molecule has 122 valence electrons. The Morgan fingerprint density at radius 2 is 2.05 bits per heavy atom. The molecule has 0 bridgehead atoms. The second-order valence-corrected chi connectivity index (χ2v) is 8.75. The molecule has 2 fully saturated rings. The maximum atomic E-state index is 11.9. The summed E-state index contributed by atoms with van der Waals surface area (Å²) in [7, 11) is 0. The van der Waals surface area contributed by atoms with Crippen LogP contribution in [0.4, 0.5) is 0 Å². The van der Waals surface area contributed by atoms with Crippen LogP contribution in [0.15, 0.2) is 24.3 Å². The van der Waals surface area contributed by atoms with Gasteiger partial charge in [0.25, 0.3) is 0 Å². The molecule has 22 heavy (non-hydrogen) atoms. The van der Waals surface area contributed by atoms with Crippen molar-refractivity contribution in [3.05, 3.63) is 24.3 Å². The summed E-state index contributed by atoms with van der Waals surface area (Å²) in [6.45, 7) is 10.7. The molecule has 1 N–H and O–H groups in total. The quantitative estimate of drug-likeness (QED) is 0.711. The van der Waals surface area contributed by atoms with E-state index in [0.717, 1.165) is 38.5 Å². The van der Waals surface area contributed by atoms with E-state index in [2.05, 4.69) is 32.6 Å². The lowest BCUT2D eigenvalue weighted by molar-refractivity contribution is -0.160. The van der Waals surface area contributed by atoms with Crippen molar-refractivity contribution >= 4 is 5.97 Å². The predicted octanol–water partition coefficient (Wildman–Crippen LogP) is 5.21. The van der Waals surface area contributed by atoms with Crippen LogP contribution in [0, 0.1) is 28.1 Å². The van der Waals surface area contributed by atoms with E-state index in [9.17, 15) is 9.90 Å². The molecule has 0 aromatic rings. The number of aliphatic carboxylic acids is 1. The molecule has 2 nitrogen and oxygen atoms in total. The van der Waals surface area contributed by atoms with Crippen molar-refractivity contribution < 1.29 is 9.90 Å². The first-order valence-electron chi connectivity index (χ1n) is 8.83. The van der Waals surface area contributed by atoms with Crippen LogP contribution in [0.2, 0.25) is 0 Å². The molecule has 3 aliphatic rings. The fourth-order valence-corrected chi connectivity index (χ4v) is 5.87. The molecular formula is C20H30O2.